The van der Waals surface area contributed by atoms with E-state index in [4.69, 9.17) is 9.47 Å². The second-order valence-electron chi connectivity index (χ2n) is 12.1. The maximum absolute atomic E-state index is 12.7. The molecule has 0 N–H and O–H groups in total. The molecule has 4 heteroatoms. The Morgan fingerprint density at radius 3 is 1.17 bits per heavy atom. The molecule has 1 aliphatic carbocycles. The van der Waals surface area contributed by atoms with Crippen LogP contribution in [0.3, 0.4) is 0 Å². The zero-order valence-corrected chi connectivity index (χ0v) is 24.5. The maximum atomic E-state index is 12.7. The topological polar surface area (TPSA) is 52.6 Å². The Hall–Kier alpha value is -1.06. The van der Waals surface area contributed by atoms with Crippen molar-refractivity contribution in [3.05, 3.63) is 0 Å². The fourth-order valence-electron chi connectivity index (χ4n) is 5.33. The van der Waals surface area contributed by atoms with Crippen molar-refractivity contribution >= 4 is 11.9 Å². The van der Waals surface area contributed by atoms with Crippen LogP contribution in [0.2, 0.25) is 0 Å². The molecule has 0 aromatic rings. The molecule has 2 atom stereocenters. The van der Waals surface area contributed by atoms with Crippen LogP contribution in [0.1, 0.15) is 156 Å². The van der Waals surface area contributed by atoms with E-state index in [0.717, 1.165) is 63.2 Å². The fraction of sp³-hybridized carbons (Fsp3) is 0.938. The number of hydrogen-bond acceptors (Lipinski definition) is 4. The smallest absolute Gasteiger partial charge is 0.309 e. The first-order chi connectivity index (χ1) is 17.4. The molecule has 0 spiro atoms. The summed E-state index contributed by atoms with van der Waals surface area (Å²) in [6.45, 7) is 10.1. The Kier molecular flexibility index (Phi) is 20.1. The van der Waals surface area contributed by atoms with Crippen LogP contribution in [0.15, 0.2) is 0 Å². The van der Waals surface area contributed by atoms with Crippen LogP contribution in [0.5, 0.6) is 0 Å². The van der Waals surface area contributed by atoms with Gasteiger partial charge in [-0.1, -0.05) is 130 Å². The molecular weight excluding hydrogens is 448 g/mol. The molecule has 0 radical (unpaired) electrons. The van der Waals surface area contributed by atoms with E-state index < -0.39 is 0 Å². The Bertz CT molecular complexity index is 494. The zero-order valence-electron chi connectivity index (χ0n) is 24.5. The Morgan fingerprint density at radius 1 is 0.528 bits per heavy atom. The lowest BCUT2D eigenvalue weighted by atomic mass is 9.79. The van der Waals surface area contributed by atoms with Gasteiger partial charge in [-0.3, -0.25) is 9.59 Å². The van der Waals surface area contributed by atoms with Gasteiger partial charge in [-0.25, -0.2) is 0 Å². The summed E-state index contributed by atoms with van der Waals surface area (Å²) in [6.07, 6.45) is 23.3. The number of rotatable bonds is 22. The molecule has 1 saturated carbocycles. The molecule has 36 heavy (non-hydrogen) atoms. The van der Waals surface area contributed by atoms with Crippen LogP contribution in [0.4, 0.5) is 0 Å². The molecule has 0 aliphatic heterocycles. The van der Waals surface area contributed by atoms with Crippen LogP contribution in [-0.4, -0.2) is 25.2 Å². The Morgan fingerprint density at radius 2 is 0.833 bits per heavy atom. The minimum Gasteiger partial charge on any atom is -0.465 e. The lowest BCUT2D eigenvalue weighted by Crippen LogP contribution is -2.35. The highest BCUT2D eigenvalue weighted by Gasteiger charge is 2.37. The summed E-state index contributed by atoms with van der Waals surface area (Å²) in [5.41, 5.74) is 0. The minimum absolute atomic E-state index is 0.178. The lowest BCUT2D eigenvalue weighted by molar-refractivity contribution is -0.163. The molecule has 0 saturated heterocycles. The van der Waals surface area contributed by atoms with E-state index in [2.05, 4.69) is 27.7 Å². The van der Waals surface area contributed by atoms with Gasteiger partial charge in [-0.2, -0.15) is 0 Å². The van der Waals surface area contributed by atoms with Crippen molar-refractivity contribution in [3.63, 3.8) is 0 Å². The quantitative estimate of drug-likeness (QED) is 0.108. The van der Waals surface area contributed by atoms with Crippen molar-refractivity contribution in [2.75, 3.05) is 13.2 Å². The van der Waals surface area contributed by atoms with E-state index in [9.17, 15) is 9.59 Å². The number of carbonyl (C=O) groups excluding carboxylic acids is 2. The summed E-state index contributed by atoms with van der Waals surface area (Å²) in [5.74, 6) is 0.658. The highest BCUT2D eigenvalue weighted by Crippen LogP contribution is 2.32. The summed E-state index contributed by atoms with van der Waals surface area (Å²) in [7, 11) is 0. The van der Waals surface area contributed by atoms with Gasteiger partial charge < -0.3 is 9.47 Å². The Labute approximate surface area is 224 Å². The molecule has 1 aliphatic rings. The number of unbranched alkanes of at least 4 members (excludes halogenated alkanes) is 12. The highest BCUT2D eigenvalue weighted by atomic mass is 16.5. The summed E-state index contributed by atoms with van der Waals surface area (Å²) >= 11 is 0. The van der Waals surface area contributed by atoms with E-state index in [1.165, 1.54) is 77.0 Å². The third-order valence-corrected chi connectivity index (χ3v) is 7.71. The van der Waals surface area contributed by atoms with Crippen molar-refractivity contribution in [2.24, 2.45) is 23.7 Å². The summed E-state index contributed by atoms with van der Waals surface area (Å²) in [4.78, 5) is 25.4. The summed E-state index contributed by atoms with van der Waals surface area (Å²) < 4.78 is 11.2. The number of carbonyl (C=O) groups is 2. The first-order valence-corrected chi connectivity index (χ1v) is 15.7. The molecule has 0 bridgehead atoms. The molecule has 212 valence electrons. The van der Waals surface area contributed by atoms with Gasteiger partial charge in [0.2, 0.25) is 0 Å². The third kappa shape index (κ3) is 17.4. The third-order valence-electron chi connectivity index (χ3n) is 7.71. The molecule has 4 nitrogen and oxygen atoms in total. The van der Waals surface area contributed by atoms with E-state index >= 15 is 0 Å². The highest BCUT2D eigenvalue weighted by molar-refractivity contribution is 5.82. The molecule has 2 unspecified atom stereocenters. The molecular formula is C32H60O4. The maximum Gasteiger partial charge on any atom is 0.309 e. The van der Waals surface area contributed by atoms with Gasteiger partial charge >= 0.3 is 11.9 Å². The zero-order chi connectivity index (χ0) is 26.4. The van der Waals surface area contributed by atoms with Crippen molar-refractivity contribution in [1.29, 1.82) is 0 Å². The predicted octanol–water partition coefficient (Wildman–Crippen LogP) is 9.43. The monoisotopic (exact) mass is 508 g/mol. The van der Waals surface area contributed by atoms with Crippen LogP contribution in [0, 0.1) is 23.7 Å². The lowest BCUT2D eigenvalue weighted by Gasteiger charge is -2.28. The van der Waals surface area contributed by atoms with Crippen molar-refractivity contribution in [2.45, 2.75) is 156 Å². The largest absolute Gasteiger partial charge is 0.465 e. The van der Waals surface area contributed by atoms with Gasteiger partial charge in [0.15, 0.2) is 0 Å². The van der Waals surface area contributed by atoms with Gasteiger partial charge in [0.05, 0.1) is 25.0 Å². The molecule has 0 aromatic carbocycles. The Balaban J connectivity index is 2.10. The van der Waals surface area contributed by atoms with Crippen LogP contribution < -0.4 is 0 Å². The first kappa shape index (κ1) is 33.0. The SMILES string of the molecule is CC(C)CCCCCCCCCOC(=O)C1CCCCC1C(=O)OCCCCCCCCCC(C)C. The molecule has 0 amide bonds. The van der Waals surface area contributed by atoms with E-state index in [0.29, 0.717) is 13.2 Å². The number of hydrogen-bond donors (Lipinski definition) is 0. The first-order valence-electron chi connectivity index (χ1n) is 15.7. The van der Waals surface area contributed by atoms with Crippen LogP contribution >= 0.6 is 0 Å². The molecule has 0 aromatic heterocycles. The fourth-order valence-corrected chi connectivity index (χ4v) is 5.33. The molecule has 1 rings (SSSR count). The summed E-state index contributed by atoms with van der Waals surface area (Å²) in [5, 5.41) is 0. The number of ether oxygens (including phenoxy) is 2. The van der Waals surface area contributed by atoms with Gasteiger partial charge in [0.25, 0.3) is 0 Å². The molecule has 0 heterocycles. The average molecular weight is 509 g/mol. The van der Waals surface area contributed by atoms with Gasteiger partial charge in [-0.05, 0) is 37.5 Å². The second-order valence-corrected chi connectivity index (χ2v) is 12.1. The van der Waals surface area contributed by atoms with Crippen molar-refractivity contribution in [3.8, 4) is 0 Å². The number of esters is 2. The van der Waals surface area contributed by atoms with Crippen LogP contribution in [-0.2, 0) is 19.1 Å². The summed E-state index contributed by atoms with van der Waals surface area (Å²) in [6, 6.07) is 0. The van der Waals surface area contributed by atoms with Crippen LogP contribution in [0.25, 0.3) is 0 Å². The molecule has 1 fully saturated rings. The standard InChI is InChI=1S/C32H60O4/c1-27(2)21-15-11-7-5-9-13-19-25-35-31(33)29-23-17-18-24-30(29)32(34)36-26-20-14-10-6-8-12-16-22-28(3)4/h27-30H,5-26H2,1-4H3. The van der Waals surface area contributed by atoms with Crippen molar-refractivity contribution < 1.29 is 19.1 Å². The normalized spacial score (nSPS) is 18.1. The van der Waals surface area contributed by atoms with Gasteiger partial charge in [0, 0.05) is 0 Å². The van der Waals surface area contributed by atoms with Gasteiger partial charge in [0.1, 0.15) is 0 Å². The van der Waals surface area contributed by atoms with E-state index in [1.807, 2.05) is 0 Å². The average Bonchev–Trinajstić information content (AvgIpc) is 2.85. The minimum atomic E-state index is -0.307. The van der Waals surface area contributed by atoms with Gasteiger partial charge in [-0.15, -0.1) is 0 Å². The second kappa shape index (κ2) is 22.0. The van der Waals surface area contributed by atoms with Crippen molar-refractivity contribution in [1.82, 2.24) is 0 Å². The predicted molar refractivity (Wildman–Crippen MR) is 151 cm³/mol. The van der Waals surface area contributed by atoms with E-state index in [1.54, 1.807) is 0 Å². The van der Waals surface area contributed by atoms with E-state index in [-0.39, 0.29) is 23.8 Å².